The van der Waals surface area contributed by atoms with E-state index in [-0.39, 0.29) is 30.3 Å². The number of hydrogen-bond donors (Lipinski definition) is 0. The van der Waals surface area contributed by atoms with Gasteiger partial charge in [0.1, 0.15) is 17.6 Å². The highest BCUT2D eigenvalue weighted by molar-refractivity contribution is 5.89. The zero-order valence-electron chi connectivity index (χ0n) is 36.2. The summed E-state index contributed by atoms with van der Waals surface area (Å²) in [6.45, 7) is 6.75. The number of ether oxygens (including phenoxy) is 5. The van der Waals surface area contributed by atoms with Crippen molar-refractivity contribution in [3.8, 4) is 11.5 Å². The van der Waals surface area contributed by atoms with Gasteiger partial charge in [0, 0.05) is 13.2 Å². The van der Waals surface area contributed by atoms with Gasteiger partial charge in [0.25, 0.3) is 0 Å². The molecule has 4 aliphatic rings. The second kappa shape index (κ2) is 24.4. The Hall–Kier alpha value is -2.90. The third-order valence-corrected chi connectivity index (χ3v) is 14.1. The number of carbonyl (C=O) groups is 2. The van der Waals surface area contributed by atoms with Crippen molar-refractivity contribution in [2.24, 2.45) is 23.7 Å². The van der Waals surface area contributed by atoms with Crippen LogP contribution in [-0.4, -0.2) is 44.2 Å². The number of benzene rings is 2. The van der Waals surface area contributed by atoms with Crippen molar-refractivity contribution >= 4 is 11.9 Å². The Balaban J connectivity index is 0.815. The summed E-state index contributed by atoms with van der Waals surface area (Å²) in [6, 6.07) is 13.6. The Kier molecular flexibility index (Phi) is 18.8. The van der Waals surface area contributed by atoms with Crippen molar-refractivity contribution in [3.63, 3.8) is 0 Å². The molecule has 0 spiro atoms. The molecule has 1 heterocycles. The lowest BCUT2D eigenvalue weighted by atomic mass is 9.68. The molecular weight excluding hydrogens is 725 g/mol. The second-order valence-electron chi connectivity index (χ2n) is 18.4. The molecule has 0 N–H and O–H groups in total. The molecule has 7 nitrogen and oxygen atoms in total. The van der Waals surface area contributed by atoms with Crippen LogP contribution in [0.4, 0.5) is 0 Å². The van der Waals surface area contributed by atoms with Crippen molar-refractivity contribution in [2.45, 2.75) is 193 Å². The lowest BCUT2D eigenvalue weighted by Crippen LogP contribution is -2.30. The lowest BCUT2D eigenvalue weighted by molar-refractivity contribution is -0.162. The minimum Gasteiger partial charge on any atom is -0.494 e. The molecule has 0 radical (unpaired) electrons. The molecule has 6 rings (SSSR count). The Morgan fingerprint density at radius 1 is 0.672 bits per heavy atom. The van der Waals surface area contributed by atoms with Gasteiger partial charge in [-0.05, 0) is 174 Å². The largest absolute Gasteiger partial charge is 0.494 e. The van der Waals surface area contributed by atoms with Crippen LogP contribution in [0.2, 0.25) is 0 Å². The molecule has 0 amide bonds. The van der Waals surface area contributed by atoms with E-state index in [0.717, 1.165) is 107 Å². The average molecular weight is 801 g/mol. The quantitative estimate of drug-likeness (QED) is 0.0706. The Morgan fingerprint density at radius 2 is 1.34 bits per heavy atom. The van der Waals surface area contributed by atoms with Crippen LogP contribution in [-0.2, 0) is 19.0 Å². The van der Waals surface area contributed by atoms with Gasteiger partial charge < -0.3 is 23.7 Å². The molecule has 2 aromatic carbocycles. The van der Waals surface area contributed by atoms with Gasteiger partial charge in [-0.2, -0.15) is 0 Å². The average Bonchev–Trinajstić information content (AvgIpc) is 3.26. The standard InChI is InChI=1S/C51H76O7/c1-3-4-9-14-39-16-18-40(19-17-39)41-20-22-43(23-21-41)51(53)58-47-32-33-48(38(2)37-47)42-24-30-46(31-25-42)57-50(52)44-26-28-45(29-27-44)54-34-11-7-5-6-8-12-35-55-49-15-10-13-36-56-49/h26-29,32-33,37,39-43,46,49H,3-25,30-31,34-36H2,1-2H3. The highest BCUT2D eigenvalue weighted by atomic mass is 16.7. The summed E-state index contributed by atoms with van der Waals surface area (Å²) >= 11 is 0. The molecule has 1 unspecified atom stereocenters. The number of carbonyl (C=O) groups excluding carboxylic acids is 2. The Bertz CT molecular complexity index is 1470. The molecule has 1 atom stereocenters. The van der Waals surface area contributed by atoms with Gasteiger partial charge in [-0.15, -0.1) is 0 Å². The van der Waals surface area contributed by atoms with E-state index in [4.69, 9.17) is 23.7 Å². The van der Waals surface area contributed by atoms with Crippen LogP contribution >= 0.6 is 0 Å². The van der Waals surface area contributed by atoms with Gasteiger partial charge in [0.05, 0.1) is 18.1 Å². The van der Waals surface area contributed by atoms with Gasteiger partial charge in [-0.25, -0.2) is 4.79 Å². The predicted molar refractivity (Wildman–Crippen MR) is 231 cm³/mol. The molecule has 3 saturated carbocycles. The summed E-state index contributed by atoms with van der Waals surface area (Å²) < 4.78 is 29.3. The van der Waals surface area contributed by atoms with Crippen molar-refractivity contribution in [1.82, 2.24) is 0 Å². The van der Waals surface area contributed by atoms with Crippen molar-refractivity contribution in [3.05, 3.63) is 59.2 Å². The maximum atomic E-state index is 13.2. The van der Waals surface area contributed by atoms with Gasteiger partial charge in [-0.1, -0.05) is 77.2 Å². The fourth-order valence-corrected chi connectivity index (χ4v) is 10.4. The van der Waals surface area contributed by atoms with E-state index in [1.54, 1.807) is 0 Å². The third-order valence-electron chi connectivity index (χ3n) is 14.1. The monoisotopic (exact) mass is 801 g/mol. The normalized spacial score (nSPS) is 26.5. The topological polar surface area (TPSA) is 80.3 Å². The van der Waals surface area contributed by atoms with Crippen LogP contribution in [0.25, 0.3) is 0 Å². The van der Waals surface area contributed by atoms with E-state index < -0.39 is 0 Å². The number of rotatable bonds is 21. The Labute approximate surface area is 351 Å². The minimum absolute atomic E-state index is 0.0246. The first-order chi connectivity index (χ1) is 28.4. The van der Waals surface area contributed by atoms with Crippen LogP contribution in [0.1, 0.15) is 195 Å². The van der Waals surface area contributed by atoms with Gasteiger partial charge in [0.2, 0.25) is 0 Å². The second-order valence-corrected chi connectivity index (χ2v) is 18.4. The third kappa shape index (κ3) is 14.4. The summed E-state index contributed by atoms with van der Waals surface area (Å²) in [7, 11) is 0. The summed E-state index contributed by atoms with van der Waals surface area (Å²) in [4.78, 5) is 26.2. The first kappa shape index (κ1) is 44.6. The van der Waals surface area contributed by atoms with E-state index in [2.05, 4.69) is 19.9 Å². The maximum absolute atomic E-state index is 13.2. The molecule has 0 aromatic heterocycles. The van der Waals surface area contributed by atoms with E-state index in [1.807, 2.05) is 36.4 Å². The highest BCUT2D eigenvalue weighted by Crippen LogP contribution is 2.43. The van der Waals surface area contributed by atoms with Crippen molar-refractivity contribution in [1.29, 1.82) is 0 Å². The number of esters is 2. The van der Waals surface area contributed by atoms with Crippen LogP contribution in [0, 0.1) is 30.6 Å². The molecule has 2 aromatic rings. The fourth-order valence-electron chi connectivity index (χ4n) is 10.4. The lowest BCUT2D eigenvalue weighted by Gasteiger charge is -2.37. The molecular formula is C51H76O7. The smallest absolute Gasteiger partial charge is 0.338 e. The van der Waals surface area contributed by atoms with E-state index in [0.29, 0.717) is 23.8 Å². The van der Waals surface area contributed by atoms with Crippen molar-refractivity contribution in [2.75, 3.05) is 19.8 Å². The van der Waals surface area contributed by atoms with Crippen LogP contribution in [0.5, 0.6) is 11.5 Å². The van der Waals surface area contributed by atoms with Crippen LogP contribution in [0.15, 0.2) is 42.5 Å². The van der Waals surface area contributed by atoms with Gasteiger partial charge in [-0.3, -0.25) is 4.79 Å². The first-order valence-electron chi connectivity index (χ1n) is 23.9. The van der Waals surface area contributed by atoms with Gasteiger partial charge in [0.15, 0.2) is 6.29 Å². The number of aryl methyl sites for hydroxylation is 1. The molecule has 58 heavy (non-hydrogen) atoms. The summed E-state index contributed by atoms with van der Waals surface area (Å²) in [5.74, 6) is 4.22. The van der Waals surface area contributed by atoms with Crippen molar-refractivity contribution < 1.29 is 33.3 Å². The van der Waals surface area contributed by atoms with E-state index in [1.165, 1.54) is 101 Å². The van der Waals surface area contributed by atoms with E-state index in [9.17, 15) is 9.59 Å². The van der Waals surface area contributed by atoms with Gasteiger partial charge >= 0.3 is 11.9 Å². The summed E-state index contributed by atoms with van der Waals surface area (Å²) in [5, 5.41) is 0. The SMILES string of the molecule is CCCCCC1CCC(C2CCC(C(=O)Oc3ccc(C4CCC(OC(=O)c5ccc(OCCCCCCCCOC6CCCCO6)cc5)CC4)c(C)c3)CC2)CC1. The van der Waals surface area contributed by atoms with Crippen LogP contribution < -0.4 is 9.47 Å². The number of hydrogen-bond acceptors (Lipinski definition) is 7. The molecule has 7 heteroatoms. The summed E-state index contributed by atoms with van der Waals surface area (Å²) in [5.41, 5.74) is 3.05. The molecule has 3 aliphatic carbocycles. The zero-order chi connectivity index (χ0) is 40.4. The summed E-state index contributed by atoms with van der Waals surface area (Å²) in [6.07, 6.45) is 29.4. The molecule has 1 aliphatic heterocycles. The maximum Gasteiger partial charge on any atom is 0.338 e. The fraction of sp³-hybridized carbons (Fsp3) is 0.725. The Morgan fingerprint density at radius 3 is 2.02 bits per heavy atom. The number of unbranched alkanes of at least 4 members (excludes halogenated alkanes) is 7. The van der Waals surface area contributed by atoms with E-state index >= 15 is 0 Å². The van der Waals surface area contributed by atoms with Crippen LogP contribution in [0.3, 0.4) is 0 Å². The molecule has 1 saturated heterocycles. The molecule has 322 valence electrons. The minimum atomic E-state index is -0.261. The predicted octanol–water partition coefficient (Wildman–Crippen LogP) is 13.2. The zero-order valence-corrected chi connectivity index (χ0v) is 36.2. The first-order valence-corrected chi connectivity index (χ1v) is 23.9. The molecule has 0 bridgehead atoms. The highest BCUT2D eigenvalue weighted by Gasteiger charge is 2.34. The molecule has 4 fully saturated rings.